The summed E-state index contributed by atoms with van der Waals surface area (Å²) < 4.78 is 0. The van der Waals surface area contributed by atoms with Crippen molar-refractivity contribution in [1.82, 2.24) is 0 Å². The van der Waals surface area contributed by atoms with Gasteiger partial charge in [0, 0.05) is 24.5 Å². The van der Waals surface area contributed by atoms with Crippen LogP contribution in [0.5, 0.6) is 0 Å². The molecule has 0 aliphatic rings. The Kier molecular flexibility index (Phi) is 9.93. The molecule has 0 fully saturated rings. The molecular formula is C29H46N2. The SMILES string of the molecule is CC(C)c1cccc(C(C)C)c1NCCCCCNc1c(C(C)C)cccc1C(C)C. The van der Waals surface area contributed by atoms with Crippen molar-refractivity contribution in [3.8, 4) is 0 Å². The van der Waals surface area contributed by atoms with Crippen LogP contribution in [-0.2, 0) is 0 Å². The Morgan fingerprint density at radius 3 is 1.03 bits per heavy atom. The molecule has 0 bridgehead atoms. The third-order valence-electron chi connectivity index (χ3n) is 6.20. The van der Waals surface area contributed by atoms with E-state index in [0.717, 1.165) is 13.1 Å². The van der Waals surface area contributed by atoms with Crippen molar-refractivity contribution in [2.75, 3.05) is 23.7 Å². The van der Waals surface area contributed by atoms with Gasteiger partial charge in [-0.1, -0.05) is 91.8 Å². The second kappa shape index (κ2) is 12.2. The van der Waals surface area contributed by atoms with Crippen molar-refractivity contribution in [2.24, 2.45) is 0 Å². The molecule has 0 heterocycles. The summed E-state index contributed by atoms with van der Waals surface area (Å²) in [6.07, 6.45) is 3.64. The monoisotopic (exact) mass is 422 g/mol. The van der Waals surface area contributed by atoms with E-state index in [4.69, 9.17) is 0 Å². The lowest BCUT2D eigenvalue weighted by Gasteiger charge is -2.21. The zero-order chi connectivity index (χ0) is 23.0. The highest BCUT2D eigenvalue weighted by atomic mass is 14.9. The predicted molar refractivity (Wildman–Crippen MR) is 140 cm³/mol. The number of anilines is 2. The third kappa shape index (κ3) is 7.02. The summed E-state index contributed by atoms with van der Waals surface area (Å²) in [5, 5.41) is 7.56. The Morgan fingerprint density at radius 2 is 0.774 bits per heavy atom. The molecule has 2 rings (SSSR count). The lowest BCUT2D eigenvalue weighted by atomic mass is 9.92. The molecule has 31 heavy (non-hydrogen) atoms. The molecule has 0 saturated heterocycles. The van der Waals surface area contributed by atoms with E-state index in [1.54, 1.807) is 0 Å². The van der Waals surface area contributed by atoms with Crippen molar-refractivity contribution in [1.29, 1.82) is 0 Å². The summed E-state index contributed by atoms with van der Waals surface area (Å²) in [5.41, 5.74) is 8.52. The van der Waals surface area contributed by atoms with Gasteiger partial charge in [-0.05, 0) is 65.2 Å². The van der Waals surface area contributed by atoms with Crippen molar-refractivity contribution in [2.45, 2.75) is 98.3 Å². The van der Waals surface area contributed by atoms with Gasteiger partial charge in [0.1, 0.15) is 0 Å². The fourth-order valence-corrected chi connectivity index (χ4v) is 4.36. The van der Waals surface area contributed by atoms with Crippen LogP contribution in [-0.4, -0.2) is 13.1 Å². The van der Waals surface area contributed by atoms with Gasteiger partial charge in [0.05, 0.1) is 0 Å². The van der Waals surface area contributed by atoms with E-state index >= 15 is 0 Å². The topological polar surface area (TPSA) is 24.1 Å². The number of benzene rings is 2. The third-order valence-corrected chi connectivity index (χ3v) is 6.20. The minimum absolute atomic E-state index is 0.543. The Hall–Kier alpha value is -1.96. The summed E-state index contributed by atoms with van der Waals surface area (Å²) in [5.74, 6) is 2.17. The van der Waals surface area contributed by atoms with Gasteiger partial charge in [-0.15, -0.1) is 0 Å². The molecule has 2 aromatic carbocycles. The van der Waals surface area contributed by atoms with E-state index in [1.807, 2.05) is 0 Å². The van der Waals surface area contributed by atoms with E-state index in [-0.39, 0.29) is 0 Å². The molecule has 2 aromatic rings. The van der Waals surface area contributed by atoms with Gasteiger partial charge in [-0.2, -0.15) is 0 Å². The van der Waals surface area contributed by atoms with Crippen molar-refractivity contribution in [3.63, 3.8) is 0 Å². The van der Waals surface area contributed by atoms with Crippen LogP contribution in [0.25, 0.3) is 0 Å². The second-order valence-electron chi connectivity index (χ2n) is 10.2. The van der Waals surface area contributed by atoms with E-state index < -0.39 is 0 Å². The van der Waals surface area contributed by atoms with Crippen LogP contribution in [0.3, 0.4) is 0 Å². The van der Waals surface area contributed by atoms with Gasteiger partial charge >= 0.3 is 0 Å². The molecule has 172 valence electrons. The van der Waals surface area contributed by atoms with E-state index in [2.05, 4.69) is 102 Å². The summed E-state index contributed by atoms with van der Waals surface area (Å²) in [7, 11) is 0. The molecular weight excluding hydrogens is 376 g/mol. The number of unbranched alkanes of at least 4 members (excludes halogenated alkanes) is 2. The number of para-hydroxylation sites is 2. The Morgan fingerprint density at radius 1 is 0.484 bits per heavy atom. The summed E-state index contributed by atoms with van der Waals surface area (Å²) >= 11 is 0. The maximum Gasteiger partial charge on any atom is 0.0410 e. The van der Waals surface area contributed by atoms with Gasteiger partial charge in [-0.25, -0.2) is 0 Å². The van der Waals surface area contributed by atoms with Crippen LogP contribution >= 0.6 is 0 Å². The molecule has 0 unspecified atom stereocenters. The number of hydrogen-bond acceptors (Lipinski definition) is 2. The molecule has 2 nitrogen and oxygen atoms in total. The molecule has 0 atom stereocenters. The first-order chi connectivity index (χ1) is 14.7. The van der Waals surface area contributed by atoms with Crippen LogP contribution in [0.2, 0.25) is 0 Å². The van der Waals surface area contributed by atoms with Gasteiger partial charge in [0.25, 0.3) is 0 Å². The predicted octanol–water partition coefficient (Wildman–Crippen LogP) is 8.87. The largest absolute Gasteiger partial charge is 0.385 e. The first-order valence-corrected chi connectivity index (χ1v) is 12.5. The van der Waals surface area contributed by atoms with Crippen molar-refractivity contribution < 1.29 is 0 Å². The zero-order valence-electron chi connectivity index (χ0n) is 21.3. The maximum absolute atomic E-state index is 3.78. The molecule has 0 spiro atoms. The Labute approximate surface area is 192 Å². The van der Waals surface area contributed by atoms with Crippen LogP contribution in [0.1, 0.15) is 121 Å². The van der Waals surface area contributed by atoms with Crippen molar-refractivity contribution >= 4 is 11.4 Å². The fraction of sp³-hybridized carbons (Fsp3) is 0.586. The Balaban J connectivity index is 1.87. The second-order valence-corrected chi connectivity index (χ2v) is 10.2. The number of nitrogens with one attached hydrogen (secondary N) is 2. The van der Waals surface area contributed by atoms with E-state index in [0.29, 0.717) is 23.7 Å². The average Bonchev–Trinajstić information content (AvgIpc) is 2.72. The van der Waals surface area contributed by atoms with Gasteiger partial charge in [-0.3, -0.25) is 0 Å². The molecule has 2 heteroatoms. The molecule has 0 aromatic heterocycles. The molecule has 0 radical (unpaired) electrons. The zero-order valence-corrected chi connectivity index (χ0v) is 21.3. The fourth-order valence-electron chi connectivity index (χ4n) is 4.36. The molecule has 0 aliphatic heterocycles. The van der Waals surface area contributed by atoms with Crippen molar-refractivity contribution in [3.05, 3.63) is 58.7 Å². The molecule has 0 saturated carbocycles. The van der Waals surface area contributed by atoms with E-state index in [1.165, 1.54) is 52.9 Å². The van der Waals surface area contributed by atoms with Crippen LogP contribution in [0.15, 0.2) is 36.4 Å². The first-order valence-electron chi connectivity index (χ1n) is 12.5. The highest BCUT2D eigenvalue weighted by molar-refractivity contribution is 5.61. The number of hydrogen-bond donors (Lipinski definition) is 2. The van der Waals surface area contributed by atoms with Crippen LogP contribution in [0.4, 0.5) is 11.4 Å². The minimum atomic E-state index is 0.543. The molecule has 0 amide bonds. The standard InChI is InChI=1S/C29H46N2/c1-20(2)24-14-12-15-25(21(3)4)28(24)30-18-10-9-11-19-31-29-26(22(5)6)16-13-17-27(29)23(7)8/h12-17,20-23,30-31H,9-11,18-19H2,1-8H3. The molecule has 0 aliphatic carbocycles. The minimum Gasteiger partial charge on any atom is -0.385 e. The lowest BCUT2D eigenvalue weighted by molar-refractivity contribution is 0.715. The summed E-state index contributed by atoms with van der Waals surface area (Å²) in [6, 6.07) is 13.5. The summed E-state index contributed by atoms with van der Waals surface area (Å²) in [6.45, 7) is 20.4. The smallest absolute Gasteiger partial charge is 0.0410 e. The molecule has 2 N–H and O–H groups in total. The summed E-state index contributed by atoms with van der Waals surface area (Å²) in [4.78, 5) is 0. The van der Waals surface area contributed by atoms with Gasteiger partial charge in [0.2, 0.25) is 0 Å². The maximum atomic E-state index is 3.78. The van der Waals surface area contributed by atoms with Gasteiger partial charge in [0.15, 0.2) is 0 Å². The van der Waals surface area contributed by atoms with Gasteiger partial charge < -0.3 is 10.6 Å². The quantitative estimate of drug-likeness (QED) is 0.334. The van der Waals surface area contributed by atoms with E-state index in [9.17, 15) is 0 Å². The highest BCUT2D eigenvalue weighted by Gasteiger charge is 2.14. The Bertz CT molecular complexity index is 682. The van der Waals surface area contributed by atoms with Crippen LogP contribution in [0, 0.1) is 0 Å². The normalized spacial score (nSPS) is 11.7. The van der Waals surface area contributed by atoms with Crippen LogP contribution < -0.4 is 10.6 Å². The average molecular weight is 423 g/mol. The first kappa shape index (κ1) is 25.3. The number of rotatable bonds is 12. The highest BCUT2D eigenvalue weighted by Crippen LogP contribution is 2.33. The lowest BCUT2D eigenvalue weighted by Crippen LogP contribution is -2.11.